The number of nitrogens with one attached hydrogen (secondary N) is 1. The van der Waals surface area contributed by atoms with Gasteiger partial charge in [-0.15, -0.1) is 11.3 Å². The van der Waals surface area contributed by atoms with Crippen molar-refractivity contribution in [1.82, 2.24) is 9.78 Å². The number of carboxylic acid groups (broad SMARTS) is 1. The zero-order valence-corrected chi connectivity index (χ0v) is 11.9. The third kappa shape index (κ3) is 2.57. The number of carbonyl (C=O) groups is 1. The van der Waals surface area contributed by atoms with E-state index in [2.05, 4.69) is 9.82 Å². The average molecular weight is 322 g/mol. The molecule has 2 aromatic heterocycles. The third-order valence-electron chi connectivity index (χ3n) is 2.20. The molecule has 0 aliphatic carbocycles. The van der Waals surface area contributed by atoms with Crippen molar-refractivity contribution in [3.63, 3.8) is 0 Å². The van der Waals surface area contributed by atoms with Crippen molar-refractivity contribution in [1.29, 1.82) is 0 Å². The standard InChI is InChI=1S/C9H8ClN3O4S2/c1-13-8(5(10)4-11-13)19(16,17)12-6-2-3-18-7(6)9(14)15/h2-4,12H,1H3,(H,14,15). The first kappa shape index (κ1) is 13.8. The van der Waals surface area contributed by atoms with Crippen molar-refractivity contribution >= 4 is 44.6 Å². The van der Waals surface area contributed by atoms with Crippen molar-refractivity contribution < 1.29 is 18.3 Å². The van der Waals surface area contributed by atoms with Crippen LogP contribution < -0.4 is 4.72 Å². The van der Waals surface area contributed by atoms with Gasteiger partial charge < -0.3 is 5.11 Å². The van der Waals surface area contributed by atoms with E-state index in [0.717, 1.165) is 16.0 Å². The number of nitrogens with zero attached hydrogens (tertiary/aromatic N) is 2. The second-order valence-corrected chi connectivity index (χ2v) is 6.42. The Morgan fingerprint density at radius 3 is 2.79 bits per heavy atom. The number of hydrogen-bond donors (Lipinski definition) is 2. The van der Waals surface area contributed by atoms with E-state index in [-0.39, 0.29) is 20.6 Å². The fourth-order valence-corrected chi connectivity index (χ4v) is 3.93. The van der Waals surface area contributed by atoms with Crippen LogP contribution >= 0.6 is 22.9 Å². The number of aromatic nitrogens is 2. The minimum atomic E-state index is -4.00. The van der Waals surface area contributed by atoms with Crippen LogP contribution in [0.25, 0.3) is 0 Å². The van der Waals surface area contributed by atoms with Crippen LogP contribution in [0.15, 0.2) is 22.7 Å². The van der Waals surface area contributed by atoms with E-state index in [1.54, 1.807) is 0 Å². The number of aryl methyl sites for hydroxylation is 1. The summed E-state index contributed by atoms with van der Waals surface area (Å²) in [6.45, 7) is 0. The zero-order valence-electron chi connectivity index (χ0n) is 9.49. The van der Waals surface area contributed by atoms with Crippen molar-refractivity contribution in [2.45, 2.75) is 5.03 Å². The number of aromatic carboxylic acids is 1. The first-order valence-electron chi connectivity index (χ1n) is 4.84. The molecule has 0 aliphatic rings. The first-order valence-corrected chi connectivity index (χ1v) is 7.58. The second-order valence-electron chi connectivity index (χ2n) is 3.50. The van der Waals surface area contributed by atoms with Crippen LogP contribution in [0.4, 0.5) is 5.69 Å². The summed E-state index contributed by atoms with van der Waals surface area (Å²) >= 11 is 6.68. The minimum Gasteiger partial charge on any atom is -0.477 e. The van der Waals surface area contributed by atoms with E-state index >= 15 is 0 Å². The Bertz CT molecular complexity index is 715. The molecule has 0 atom stereocenters. The number of sulfonamides is 1. The van der Waals surface area contributed by atoms with Gasteiger partial charge in [0.2, 0.25) is 0 Å². The number of hydrogen-bond acceptors (Lipinski definition) is 5. The maximum Gasteiger partial charge on any atom is 0.348 e. The highest BCUT2D eigenvalue weighted by Gasteiger charge is 2.25. The highest BCUT2D eigenvalue weighted by Crippen LogP contribution is 2.27. The summed E-state index contributed by atoms with van der Waals surface area (Å²) in [5.41, 5.74) is -0.00485. The normalized spacial score (nSPS) is 11.5. The summed E-state index contributed by atoms with van der Waals surface area (Å²) in [5, 5.41) is 13.9. The fourth-order valence-electron chi connectivity index (χ4n) is 1.45. The first-order chi connectivity index (χ1) is 8.83. The topological polar surface area (TPSA) is 101 Å². The fraction of sp³-hybridized carbons (Fsp3) is 0.111. The molecule has 2 aromatic rings. The Morgan fingerprint density at radius 1 is 1.58 bits per heavy atom. The van der Waals surface area contributed by atoms with E-state index in [0.29, 0.717) is 0 Å². The summed E-state index contributed by atoms with van der Waals surface area (Å²) in [6.07, 6.45) is 1.20. The zero-order chi connectivity index (χ0) is 14.2. The highest BCUT2D eigenvalue weighted by atomic mass is 35.5. The van der Waals surface area contributed by atoms with Crippen LogP contribution in [0, 0.1) is 0 Å². The van der Waals surface area contributed by atoms with E-state index in [4.69, 9.17) is 16.7 Å². The highest BCUT2D eigenvalue weighted by molar-refractivity contribution is 7.92. The summed E-state index contributed by atoms with van der Waals surface area (Å²) in [6, 6.07) is 1.37. The van der Waals surface area contributed by atoms with E-state index < -0.39 is 16.0 Å². The van der Waals surface area contributed by atoms with Gasteiger partial charge in [0.1, 0.15) is 4.88 Å². The number of halogens is 1. The van der Waals surface area contributed by atoms with Gasteiger partial charge >= 0.3 is 5.97 Å². The Hall–Kier alpha value is -1.58. The lowest BCUT2D eigenvalue weighted by atomic mass is 10.4. The van der Waals surface area contributed by atoms with Crippen LogP contribution in [-0.2, 0) is 17.1 Å². The lowest BCUT2D eigenvalue weighted by Gasteiger charge is -2.08. The van der Waals surface area contributed by atoms with Gasteiger partial charge in [-0.25, -0.2) is 4.79 Å². The molecule has 0 fully saturated rings. The molecule has 0 saturated heterocycles. The maximum atomic E-state index is 12.1. The average Bonchev–Trinajstić information content (AvgIpc) is 2.85. The molecule has 19 heavy (non-hydrogen) atoms. The molecule has 2 N–H and O–H groups in total. The van der Waals surface area contributed by atoms with Gasteiger partial charge in [0.25, 0.3) is 10.0 Å². The Balaban J connectivity index is 2.43. The van der Waals surface area contributed by atoms with Gasteiger partial charge in [0.05, 0.1) is 16.9 Å². The summed E-state index contributed by atoms with van der Waals surface area (Å²) in [4.78, 5) is 10.8. The van der Waals surface area contributed by atoms with Gasteiger partial charge in [-0.3, -0.25) is 9.40 Å². The summed E-state index contributed by atoms with van der Waals surface area (Å²) in [5.74, 6) is -1.20. The maximum absolute atomic E-state index is 12.1. The van der Waals surface area contributed by atoms with E-state index in [1.807, 2.05) is 0 Å². The molecule has 0 saturated carbocycles. The number of thiophene rings is 1. The largest absolute Gasteiger partial charge is 0.477 e. The molecule has 10 heteroatoms. The predicted molar refractivity (Wildman–Crippen MR) is 70.3 cm³/mol. The molecule has 0 radical (unpaired) electrons. The molecule has 2 rings (SSSR count). The van der Waals surface area contributed by atoms with Crippen molar-refractivity contribution in [2.75, 3.05) is 4.72 Å². The molecule has 0 bridgehead atoms. The van der Waals surface area contributed by atoms with Crippen molar-refractivity contribution in [2.24, 2.45) is 7.05 Å². The third-order valence-corrected chi connectivity index (χ3v) is 4.97. The molecule has 0 spiro atoms. The van der Waals surface area contributed by atoms with E-state index in [1.165, 1.54) is 24.7 Å². The van der Waals surface area contributed by atoms with Crippen LogP contribution in [0.5, 0.6) is 0 Å². The molecule has 0 unspecified atom stereocenters. The summed E-state index contributed by atoms with van der Waals surface area (Å²) < 4.78 is 27.5. The minimum absolute atomic E-state index is 0.00485. The molecule has 2 heterocycles. The number of anilines is 1. The Morgan fingerprint density at radius 2 is 2.26 bits per heavy atom. The molecular weight excluding hydrogens is 314 g/mol. The number of carboxylic acids is 1. The monoisotopic (exact) mass is 321 g/mol. The van der Waals surface area contributed by atoms with Crippen LogP contribution in [-0.4, -0.2) is 29.3 Å². The Labute approximate surface area is 117 Å². The predicted octanol–water partition coefficient (Wildman–Crippen LogP) is 1.63. The summed E-state index contributed by atoms with van der Waals surface area (Å²) in [7, 11) is -2.57. The van der Waals surface area contributed by atoms with Gasteiger partial charge in [-0.1, -0.05) is 11.6 Å². The van der Waals surface area contributed by atoms with Crippen molar-refractivity contribution in [3.8, 4) is 0 Å². The quantitative estimate of drug-likeness (QED) is 0.891. The molecule has 0 aliphatic heterocycles. The van der Waals surface area contributed by atoms with Crippen molar-refractivity contribution in [3.05, 3.63) is 27.5 Å². The smallest absolute Gasteiger partial charge is 0.348 e. The van der Waals surface area contributed by atoms with Crippen LogP contribution in [0.1, 0.15) is 9.67 Å². The molecule has 0 aromatic carbocycles. The Kier molecular flexibility index (Phi) is 3.52. The number of rotatable bonds is 4. The van der Waals surface area contributed by atoms with E-state index in [9.17, 15) is 13.2 Å². The van der Waals surface area contributed by atoms with Gasteiger partial charge in [-0.05, 0) is 11.4 Å². The van der Waals surface area contributed by atoms with Gasteiger partial charge in [-0.2, -0.15) is 13.5 Å². The molecular formula is C9H8ClN3O4S2. The molecule has 102 valence electrons. The lowest BCUT2D eigenvalue weighted by molar-refractivity contribution is 0.0703. The second kappa shape index (κ2) is 4.83. The van der Waals surface area contributed by atoms with Gasteiger partial charge in [0, 0.05) is 7.05 Å². The lowest BCUT2D eigenvalue weighted by Crippen LogP contribution is -2.18. The van der Waals surface area contributed by atoms with Crippen LogP contribution in [0.2, 0.25) is 5.02 Å². The van der Waals surface area contributed by atoms with Crippen LogP contribution in [0.3, 0.4) is 0 Å². The molecule has 0 amide bonds. The van der Waals surface area contributed by atoms with Gasteiger partial charge in [0.15, 0.2) is 5.03 Å². The molecule has 7 nitrogen and oxygen atoms in total. The SMILES string of the molecule is Cn1ncc(Cl)c1S(=O)(=O)Nc1ccsc1C(=O)O.